The van der Waals surface area contributed by atoms with E-state index >= 15 is 0 Å². The van der Waals surface area contributed by atoms with Crippen molar-refractivity contribution in [3.05, 3.63) is 73.9 Å². The van der Waals surface area contributed by atoms with Gasteiger partial charge in [0, 0.05) is 6.42 Å². The van der Waals surface area contributed by atoms with Crippen LogP contribution in [0.4, 0.5) is 0 Å². The number of hydrogen-bond donors (Lipinski definition) is 2. The molecule has 0 radical (unpaired) electrons. The van der Waals surface area contributed by atoms with Crippen molar-refractivity contribution >= 4 is 5.91 Å². The van der Waals surface area contributed by atoms with E-state index in [9.17, 15) is 9.90 Å². The Bertz CT molecular complexity index is 444. The molecule has 2 N–H and O–H groups in total. The van der Waals surface area contributed by atoms with Crippen LogP contribution in [0.5, 0.6) is 0 Å². The Hall–Kier alpha value is -2.13. The zero-order valence-electron chi connectivity index (χ0n) is 12.6. The Labute approximate surface area is 127 Å². The van der Waals surface area contributed by atoms with Crippen LogP contribution in [0.25, 0.3) is 0 Å². The van der Waals surface area contributed by atoms with E-state index in [2.05, 4.69) is 31.6 Å². The molecule has 3 nitrogen and oxygen atoms in total. The molecule has 0 aliphatic heterocycles. The van der Waals surface area contributed by atoms with Gasteiger partial charge in [-0.25, -0.2) is 0 Å². The van der Waals surface area contributed by atoms with Gasteiger partial charge in [-0.3, -0.25) is 4.79 Å². The Morgan fingerprint density at radius 2 is 1.90 bits per heavy atom. The van der Waals surface area contributed by atoms with Crippen molar-refractivity contribution in [2.24, 2.45) is 0 Å². The normalized spacial score (nSPS) is 12.7. The highest BCUT2D eigenvalue weighted by atomic mass is 16.3. The van der Waals surface area contributed by atoms with E-state index in [1.807, 2.05) is 12.2 Å². The number of aliphatic hydroxyl groups is 1. The molecule has 0 aromatic rings. The molecule has 0 spiro atoms. The van der Waals surface area contributed by atoms with Crippen LogP contribution in [0.2, 0.25) is 0 Å². The Morgan fingerprint density at radius 3 is 2.43 bits per heavy atom. The summed E-state index contributed by atoms with van der Waals surface area (Å²) in [5, 5.41) is 12.1. The number of carbonyl (C=O) groups is 1. The van der Waals surface area contributed by atoms with Crippen molar-refractivity contribution in [3.63, 3.8) is 0 Å². The molecule has 1 amide bonds. The van der Waals surface area contributed by atoms with Gasteiger partial charge in [0.25, 0.3) is 0 Å². The number of carbonyl (C=O) groups excluding carboxylic acids is 1. The lowest BCUT2D eigenvalue weighted by Gasteiger charge is -2.16. The van der Waals surface area contributed by atoms with Crippen LogP contribution in [0, 0.1) is 0 Å². The third kappa shape index (κ3) is 9.41. The molecule has 0 aromatic carbocycles. The van der Waals surface area contributed by atoms with E-state index in [-0.39, 0.29) is 18.6 Å². The molecule has 1 unspecified atom stereocenters. The summed E-state index contributed by atoms with van der Waals surface area (Å²) in [6.07, 6.45) is 11.9. The van der Waals surface area contributed by atoms with Crippen molar-refractivity contribution < 1.29 is 9.90 Å². The smallest absolute Gasteiger partial charge is 0.220 e. The summed E-state index contributed by atoms with van der Waals surface area (Å²) in [6, 6.07) is -0.321. The lowest BCUT2D eigenvalue weighted by atomic mass is 10.1. The van der Waals surface area contributed by atoms with Gasteiger partial charge < -0.3 is 10.4 Å². The summed E-state index contributed by atoms with van der Waals surface area (Å²) < 4.78 is 0. The minimum absolute atomic E-state index is 0.107. The van der Waals surface area contributed by atoms with E-state index in [1.165, 1.54) is 0 Å². The first-order valence-corrected chi connectivity index (χ1v) is 6.88. The molecular weight excluding hydrogens is 262 g/mol. The van der Waals surface area contributed by atoms with Gasteiger partial charge in [0.15, 0.2) is 0 Å². The largest absolute Gasteiger partial charge is 0.394 e. The molecule has 21 heavy (non-hydrogen) atoms. The average molecular weight is 287 g/mol. The van der Waals surface area contributed by atoms with Crippen molar-refractivity contribution in [3.8, 4) is 0 Å². The second-order valence-electron chi connectivity index (χ2n) is 4.59. The minimum Gasteiger partial charge on any atom is -0.394 e. The Morgan fingerprint density at radius 1 is 1.19 bits per heavy atom. The summed E-state index contributed by atoms with van der Waals surface area (Å²) in [5.41, 5.74) is 1.78. The number of amides is 1. The molecule has 0 aliphatic carbocycles. The highest BCUT2D eigenvalue weighted by molar-refractivity contribution is 5.76. The maximum absolute atomic E-state index is 11.8. The van der Waals surface area contributed by atoms with Gasteiger partial charge in [-0.1, -0.05) is 68.3 Å². The minimum atomic E-state index is -0.321. The van der Waals surface area contributed by atoms with Gasteiger partial charge in [-0.05, 0) is 18.4 Å². The molecule has 0 bridgehead atoms. The average Bonchev–Trinajstić information content (AvgIpc) is 2.49. The molecule has 0 fully saturated rings. The third-order valence-electron chi connectivity index (χ3n) is 2.80. The van der Waals surface area contributed by atoms with Crippen LogP contribution in [0.3, 0.4) is 0 Å². The van der Waals surface area contributed by atoms with Gasteiger partial charge in [-0.15, -0.1) is 0 Å². The maximum Gasteiger partial charge on any atom is 0.220 e. The summed E-state index contributed by atoms with van der Waals surface area (Å²) >= 11 is 0. The molecular formula is C18H25NO2. The predicted molar refractivity (Wildman–Crippen MR) is 89.8 cm³/mol. The highest BCUT2D eigenvalue weighted by Crippen LogP contribution is 2.09. The fraction of sp³-hybridized carbons (Fsp3) is 0.278. The predicted octanol–water partition coefficient (Wildman–Crippen LogP) is 3.23. The van der Waals surface area contributed by atoms with Crippen LogP contribution < -0.4 is 5.32 Å². The first-order valence-electron chi connectivity index (χ1n) is 6.88. The molecule has 3 heteroatoms. The molecule has 0 saturated carbocycles. The standard InChI is InChI=1S/C18H25NO2/c1-5-8-10-15(4)11-12-18(21)19-17(14-20)13-16(7-3)9-6-2/h5-10,17,20H,1-4,11-14H2,(H,19,21)/b10-8-,16-9+. The lowest BCUT2D eigenvalue weighted by molar-refractivity contribution is -0.122. The van der Waals surface area contributed by atoms with Crippen LogP contribution in [-0.2, 0) is 4.79 Å². The number of allylic oxidation sites excluding steroid dienone is 7. The van der Waals surface area contributed by atoms with E-state index in [1.54, 1.807) is 24.3 Å². The highest BCUT2D eigenvalue weighted by Gasteiger charge is 2.12. The van der Waals surface area contributed by atoms with Crippen molar-refractivity contribution in [2.45, 2.75) is 25.3 Å². The van der Waals surface area contributed by atoms with Gasteiger partial charge in [-0.2, -0.15) is 0 Å². The second-order valence-corrected chi connectivity index (χ2v) is 4.59. The topological polar surface area (TPSA) is 49.3 Å². The fourth-order valence-corrected chi connectivity index (χ4v) is 1.68. The molecule has 114 valence electrons. The quantitative estimate of drug-likeness (QED) is 0.573. The molecule has 0 aromatic heterocycles. The SMILES string of the molecule is C=C/C=C\C(=C)CCC(=O)NC(CO)C/C(C=C)=C/C=C. The molecule has 0 heterocycles. The molecule has 0 aliphatic rings. The number of aliphatic hydroxyl groups excluding tert-OH is 1. The van der Waals surface area contributed by atoms with Gasteiger partial charge >= 0.3 is 0 Å². The van der Waals surface area contributed by atoms with Gasteiger partial charge in [0.2, 0.25) is 5.91 Å². The van der Waals surface area contributed by atoms with Crippen molar-refractivity contribution in [2.75, 3.05) is 6.61 Å². The van der Waals surface area contributed by atoms with Crippen molar-refractivity contribution in [1.82, 2.24) is 5.32 Å². The molecule has 1 atom stereocenters. The lowest BCUT2D eigenvalue weighted by Crippen LogP contribution is -2.37. The number of hydrogen-bond acceptors (Lipinski definition) is 2. The van der Waals surface area contributed by atoms with Crippen LogP contribution in [0.1, 0.15) is 19.3 Å². The monoisotopic (exact) mass is 287 g/mol. The zero-order valence-corrected chi connectivity index (χ0v) is 12.6. The van der Waals surface area contributed by atoms with Crippen LogP contribution >= 0.6 is 0 Å². The first kappa shape index (κ1) is 18.9. The Kier molecular flexibility index (Phi) is 10.5. The first-order chi connectivity index (χ1) is 10.1. The summed E-state index contributed by atoms with van der Waals surface area (Å²) in [4.78, 5) is 11.8. The van der Waals surface area contributed by atoms with E-state index in [0.29, 0.717) is 19.3 Å². The van der Waals surface area contributed by atoms with E-state index < -0.39 is 0 Å². The maximum atomic E-state index is 11.8. The fourth-order valence-electron chi connectivity index (χ4n) is 1.68. The van der Waals surface area contributed by atoms with E-state index in [0.717, 1.165) is 11.1 Å². The Balaban J connectivity index is 4.32. The van der Waals surface area contributed by atoms with Gasteiger partial charge in [0.05, 0.1) is 12.6 Å². The van der Waals surface area contributed by atoms with Crippen molar-refractivity contribution in [1.29, 1.82) is 0 Å². The number of rotatable bonds is 11. The molecule has 0 rings (SSSR count). The zero-order chi connectivity index (χ0) is 16.1. The third-order valence-corrected chi connectivity index (χ3v) is 2.80. The molecule has 0 saturated heterocycles. The second kappa shape index (κ2) is 11.7. The number of nitrogens with one attached hydrogen (secondary N) is 1. The summed E-state index contributed by atoms with van der Waals surface area (Å²) in [6.45, 7) is 14.6. The van der Waals surface area contributed by atoms with Crippen LogP contribution in [-0.4, -0.2) is 23.7 Å². The summed E-state index contributed by atoms with van der Waals surface area (Å²) in [7, 11) is 0. The van der Waals surface area contributed by atoms with Crippen LogP contribution in [0.15, 0.2) is 73.9 Å². The van der Waals surface area contributed by atoms with E-state index in [4.69, 9.17) is 0 Å². The summed E-state index contributed by atoms with van der Waals surface area (Å²) in [5.74, 6) is -0.107. The van der Waals surface area contributed by atoms with Gasteiger partial charge in [0.1, 0.15) is 0 Å².